The second kappa shape index (κ2) is 7.44. The summed E-state index contributed by atoms with van der Waals surface area (Å²) in [5.74, 6) is 0.640. The fourth-order valence-corrected chi connectivity index (χ4v) is 2.94. The van der Waals surface area contributed by atoms with Gasteiger partial charge in [-0.3, -0.25) is 4.79 Å². The van der Waals surface area contributed by atoms with Crippen LogP contribution >= 0.6 is 11.6 Å². The highest BCUT2D eigenvalue weighted by Crippen LogP contribution is 2.25. The number of amides is 3. The van der Waals surface area contributed by atoms with Crippen molar-refractivity contribution < 1.29 is 14.3 Å². The van der Waals surface area contributed by atoms with E-state index in [2.05, 4.69) is 10.6 Å². The van der Waals surface area contributed by atoms with Crippen LogP contribution in [0.2, 0.25) is 5.02 Å². The number of anilines is 2. The van der Waals surface area contributed by atoms with Gasteiger partial charge in [0.2, 0.25) is 5.91 Å². The third-order valence-corrected chi connectivity index (χ3v) is 4.14. The van der Waals surface area contributed by atoms with Crippen LogP contribution in [-0.2, 0) is 4.79 Å². The molecule has 1 unspecified atom stereocenters. The van der Waals surface area contributed by atoms with Crippen molar-refractivity contribution in [1.29, 1.82) is 0 Å². The monoisotopic (exact) mass is 359 g/mol. The Bertz CT molecular complexity index is 797. The first-order valence-corrected chi connectivity index (χ1v) is 8.20. The van der Waals surface area contributed by atoms with Gasteiger partial charge in [0.15, 0.2) is 0 Å². The van der Waals surface area contributed by atoms with Gasteiger partial charge in [-0.2, -0.15) is 0 Å². The molecule has 0 aliphatic carbocycles. The molecule has 1 heterocycles. The smallest absolute Gasteiger partial charge is 0.319 e. The number of ether oxygens (including phenoxy) is 1. The van der Waals surface area contributed by atoms with E-state index in [0.717, 1.165) is 5.69 Å². The van der Waals surface area contributed by atoms with E-state index in [9.17, 15) is 9.59 Å². The molecular formula is C18H18ClN3O3. The molecule has 3 amide bonds. The maximum absolute atomic E-state index is 12.3. The minimum Gasteiger partial charge on any atom is -0.497 e. The van der Waals surface area contributed by atoms with Crippen LogP contribution in [0.25, 0.3) is 0 Å². The number of carbonyl (C=O) groups is 2. The molecule has 0 bridgehead atoms. The number of urea groups is 1. The first-order valence-electron chi connectivity index (χ1n) is 7.82. The molecule has 0 radical (unpaired) electrons. The number of benzene rings is 2. The predicted octanol–water partition coefficient (Wildman–Crippen LogP) is 3.28. The molecule has 0 saturated carbocycles. The van der Waals surface area contributed by atoms with Gasteiger partial charge in [-0.25, -0.2) is 4.79 Å². The number of nitrogens with one attached hydrogen (secondary N) is 2. The van der Waals surface area contributed by atoms with Gasteiger partial charge in [-0.05, 0) is 30.3 Å². The number of hydrogen-bond donors (Lipinski definition) is 2. The van der Waals surface area contributed by atoms with Crippen molar-refractivity contribution in [2.24, 2.45) is 0 Å². The molecule has 1 aliphatic heterocycles. The molecule has 1 saturated heterocycles. The van der Waals surface area contributed by atoms with Gasteiger partial charge in [-0.1, -0.05) is 23.7 Å². The average molecular weight is 360 g/mol. The van der Waals surface area contributed by atoms with Crippen molar-refractivity contribution in [2.75, 3.05) is 23.9 Å². The summed E-state index contributed by atoms with van der Waals surface area (Å²) >= 11 is 5.90. The number of carbonyl (C=O) groups excluding carboxylic acids is 2. The van der Waals surface area contributed by atoms with E-state index >= 15 is 0 Å². The Balaban J connectivity index is 1.61. The SMILES string of the molecule is COc1cccc(N2CC(NC(=O)Nc3cccc(Cl)c3)CC2=O)c1. The summed E-state index contributed by atoms with van der Waals surface area (Å²) in [6, 6.07) is 13.5. The normalized spacial score (nSPS) is 16.6. The maximum atomic E-state index is 12.3. The molecule has 3 rings (SSSR count). The van der Waals surface area contributed by atoms with E-state index in [-0.39, 0.29) is 24.4 Å². The molecule has 1 fully saturated rings. The molecule has 1 aliphatic rings. The maximum Gasteiger partial charge on any atom is 0.319 e. The molecule has 130 valence electrons. The van der Waals surface area contributed by atoms with E-state index in [1.807, 2.05) is 18.2 Å². The Kier molecular flexibility index (Phi) is 5.09. The zero-order valence-corrected chi connectivity index (χ0v) is 14.4. The highest BCUT2D eigenvalue weighted by molar-refractivity contribution is 6.30. The third-order valence-electron chi connectivity index (χ3n) is 3.91. The highest BCUT2D eigenvalue weighted by Gasteiger charge is 2.31. The lowest BCUT2D eigenvalue weighted by atomic mass is 10.2. The van der Waals surface area contributed by atoms with E-state index in [0.29, 0.717) is 23.0 Å². The van der Waals surface area contributed by atoms with Gasteiger partial charge in [-0.15, -0.1) is 0 Å². The molecule has 7 heteroatoms. The highest BCUT2D eigenvalue weighted by atomic mass is 35.5. The van der Waals surface area contributed by atoms with Crippen molar-refractivity contribution >= 4 is 34.9 Å². The Morgan fingerprint density at radius 3 is 2.80 bits per heavy atom. The zero-order valence-electron chi connectivity index (χ0n) is 13.7. The number of rotatable bonds is 4. The Labute approximate surface area is 150 Å². The molecule has 2 aromatic carbocycles. The average Bonchev–Trinajstić information content (AvgIpc) is 2.95. The van der Waals surface area contributed by atoms with Gasteiger partial charge >= 0.3 is 6.03 Å². The molecule has 0 aromatic heterocycles. The molecule has 2 N–H and O–H groups in total. The Morgan fingerprint density at radius 1 is 1.24 bits per heavy atom. The quantitative estimate of drug-likeness (QED) is 0.880. The third kappa shape index (κ3) is 4.22. The van der Waals surface area contributed by atoms with Gasteiger partial charge in [0.05, 0.1) is 13.2 Å². The molecule has 0 spiro atoms. The van der Waals surface area contributed by atoms with Crippen LogP contribution in [0, 0.1) is 0 Å². The van der Waals surface area contributed by atoms with E-state index in [1.165, 1.54) is 0 Å². The lowest BCUT2D eigenvalue weighted by Crippen LogP contribution is -2.39. The van der Waals surface area contributed by atoms with Gasteiger partial charge in [0.25, 0.3) is 0 Å². The lowest BCUT2D eigenvalue weighted by Gasteiger charge is -2.18. The standard InChI is InChI=1S/C18H18ClN3O3/c1-25-16-7-3-6-15(10-16)22-11-14(9-17(22)23)21-18(24)20-13-5-2-4-12(19)8-13/h2-8,10,14H,9,11H2,1H3,(H2,20,21,24). The minimum atomic E-state index is -0.368. The summed E-state index contributed by atoms with van der Waals surface area (Å²) in [6.45, 7) is 0.412. The van der Waals surface area contributed by atoms with Crippen LogP contribution in [0.1, 0.15) is 6.42 Å². The summed E-state index contributed by atoms with van der Waals surface area (Å²) in [5.41, 5.74) is 1.35. The molecular weight excluding hydrogens is 342 g/mol. The van der Waals surface area contributed by atoms with Gasteiger partial charge in [0, 0.05) is 35.4 Å². The van der Waals surface area contributed by atoms with Gasteiger partial charge < -0.3 is 20.3 Å². The van der Waals surface area contributed by atoms with Crippen molar-refractivity contribution in [1.82, 2.24) is 5.32 Å². The Hall–Kier alpha value is -2.73. The fourth-order valence-electron chi connectivity index (χ4n) is 2.75. The van der Waals surface area contributed by atoms with Crippen LogP contribution in [-0.4, -0.2) is 31.6 Å². The molecule has 6 nitrogen and oxygen atoms in total. The minimum absolute atomic E-state index is 0.0405. The second-order valence-electron chi connectivity index (χ2n) is 5.72. The summed E-state index contributed by atoms with van der Waals surface area (Å²) in [5, 5.41) is 6.07. The van der Waals surface area contributed by atoms with Crippen molar-refractivity contribution in [3.8, 4) is 5.75 Å². The van der Waals surface area contributed by atoms with Crippen molar-refractivity contribution in [2.45, 2.75) is 12.5 Å². The number of halogens is 1. The van der Waals surface area contributed by atoms with E-state index in [4.69, 9.17) is 16.3 Å². The number of nitrogens with zero attached hydrogens (tertiary/aromatic N) is 1. The summed E-state index contributed by atoms with van der Waals surface area (Å²) in [4.78, 5) is 26.0. The molecule has 2 aromatic rings. The first kappa shape index (κ1) is 17.1. The van der Waals surface area contributed by atoms with Crippen molar-refractivity contribution in [3.05, 3.63) is 53.6 Å². The van der Waals surface area contributed by atoms with E-state index in [1.54, 1.807) is 42.3 Å². The second-order valence-corrected chi connectivity index (χ2v) is 6.15. The van der Waals surface area contributed by atoms with Crippen LogP contribution in [0.4, 0.5) is 16.2 Å². The number of methoxy groups -OCH3 is 1. The van der Waals surface area contributed by atoms with E-state index < -0.39 is 0 Å². The van der Waals surface area contributed by atoms with Crippen LogP contribution in [0.3, 0.4) is 0 Å². The van der Waals surface area contributed by atoms with Crippen molar-refractivity contribution in [3.63, 3.8) is 0 Å². The molecule has 25 heavy (non-hydrogen) atoms. The Morgan fingerprint density at radius 2 is 2.04 bits per heavy atom. The summed E-state index contributed by atoms with van der Waals surface area (Å²) < 4.78 is 5.19. The van der Waals surface area contributed by atoms with Gasteiger partial charge in [0.1, 0.15) is 5.75 Å². The molecule has 1 atom stereocenters. The fraction of sp³-hybridized carbons (Fsp3) is 0.222. The zero-order chi connectivity index (χ0) is 17.8. The van der Waals surface area contributed by atoms with Crippen LogP contribution in [0.5, 0.6) is 5.75 Å². The van der Waals surface area contributed by atoms with Crippen LogP contribution in [0.15, 0.2) is 48.5 Å². The van der Waals surface area contributed by atoms with Crippen LogP contribution < -0.4 is 20.3 Å². The predicted molar refractivity (Wildman–Crippen MR) is 97.4 cm³/mol. The largest absolute Gasteiger partial charge is 0.497 e. The summed E-state index contributed by atoms with van der Waals surface area (Å²) in [6.07, 6.45) is 0.250. The number of hydrogen-bond acceptors (Lipinski definition) is 3. The first-order chi connectivity index (χ1) is 12.0. The lowest BCUT2D eigenvalue weighted by molar-refractivity contribution is -0.117. The summed E-state index contributed by atoms with van der Waals surface area (Å²) in [7, 11) is 1.58. The topological polar surface area (TPSA) is 70.7 Å².